The van der Waals surface area contributed by atoms with Gasteiger partial charge in [-0.1, -0.05) is 29.5 Å². The van der Waals surface area contributed by atoms with Gasteiger partial charge in [-0.3, -0.25) is 5.43 Å². The van der Waals surface area contributed by atoms with E-state index in [-0.39, 0.29) is 11.6 Å². The molecule has 1 aliphatic rings. The maximum Gasteiger partial charge on any atom is 0.357 e. The molecule has 7 nitrogen and oxygen atoms in total. The van der Waals surface area contributed by atoms with Crippen molar-refractivity contribution < 1.29 is 14.3 Å². The standard InChI is InChI=1S/C21H16N4O3S/c26-20(27)17-11-28-19(22-17)13-9-8-12-4-3-6-15(14(12)10-13)24-25-21-23-16-5-1-2-7-18(16)29-21/h1-2,5,7-11H,3-4,6H2,(H,23,25)(H,26,27)/b24-15+. The monoisotopic (exact) mass is 404 g/mol. The van der Waals surface area contributed by atoms with E-state index in [1.54, 1.807) is 11.3 Å². The lowest BCUT2D eigenvalue weighted by Gasteiger charge is -2.18. The number of nitrogens with zero attached hydrogens (tertiary/aromatic N) is 3. The molecule has 29 heavy (non-hydrogen) atoms. The molecule has 0 spiro atoms. The van der Waals surface area contributed by atoms with E-state index < -0.39 is 5.97 Å². The molecule has 0 bridgehead atoms. The van der Waals surface area contributed by atoms with Crippen LogP contribution in [0, 0.1) is 0 Å². The van der Waals surface area contributed by atoms with Gasteiger partial charge in [0.2, 0.25) is 11.0 Å². The summed E-state index contributed by atoms with van der Waals surface area (Å²) in [6.45, 7) is 0. The number of hydrazone groups is 1. The van der Waals surface area contributed by atoms with Crippen molar-refractivity contribution in [3.63, 3.8) is 0 Å². The summed E-state index contributed by atoms with van der Waals surface area (Å²) in [5.74, 6) is -0.825. The minimum Gasteiger partial charge on any atom is -0.476 e. The summed E-state index contributed by atoms with van der Waals surface area (Å²) in [7, 11) is 0. The van der Waals surface area contributed by atoms with Crippen molar-refractivity contribution in [2.75, 3.05) is 5.43 Å². The van der Waals surface area contributed by atoms with Gasteiger partial charge in [-0.25, -0.2) is 14.8 Å². The average Bonchev–Trinajstić information content (AvgIpc) is 3.39. The Morgan fingerprint density at radius 2 is 2.07 bits per heavy atom. The molecule has 8 heteroatoms. The van der Waals surface area contributed by atoms with Gasteiger partial charge in [0.15, 0.2) is 5.69 Å². The highest BCUT2D eigenvalue weighted by atomic mass is 32.1. The van der Waals surface area contributed by atoms with Gasteiger partial charge in [0, 0.05) is 11.1 Å². The molecule has 2 heterocycles. The molecule has 2 aromatic heterocycles. The summed E-state index contributed by atoms with van der Waals surface area (Å²) in [6, 6.07) is 13.9. The van der Waals surface area contributed by atoms with Crippen molar-refractivity contribution >= 4 is 38.4 Å². The number of hydrogen-bond acceptors (Lipinski definition) is 7. The summed E-state index contributed by atoms with van der Waals surface area (Å²) in [5.41, 5.74) is 7.84. The number of aromatic carboxylic acids is 1. The Balaban J connectivity index is 1.46. The molecule has 4 aromatic rings. The summed E-state index contributed by atoms with van der Waals surface area (Å²) in [5, 5.41) is 14.4. The number of carboxylic acids is 1. The fourth-order valence-corrected chi connectivity index (χ4v) is 4.24. The highest BCUT2D eigenvalue weighted by Gasteiger charge is 2.19. The number of carboxylic acid groups (broad SMARTS) is 1. The predicted octanol–water partition coefficient (Wildman–Crippen LogP) is 4.80. The third-order valence-electron chi connectivity index (χ3n) is 4.83. The van der Waals surface area contributed by atoms with Crippen LogP contribution in [0.3, 0.4) is 0 Å². The first-order chi connectivity index (χ1) is 14.2. The molecular weight excluding hydrogens is 388 g/mol. The van der Waals surface area contributed by atoms with Gasteiger partial charge in [0.05, 0.1) is 15.9 Å². The summed E-state index contributed by atoms with van der Waals surface area (Å²) < 4.78 is 6.46. The highest BCUT2D eigenvalue weighted by Crippen LogP contribution is 2.29. The van der Waals surface area contributed by atoms with Crippen LogP contribution >= 0.6 is 11.3 Å². The molecule has 1 aliphatic carbocycles. The molecule has 0 amide bonds. The quantitative estimate of drug-likeness (QED) is 0.474. The first kappa shape index (κ1) is 17.6. The number of anilines is 1. The number of carbonyl (C=O) groups is 1. The van der Waals surface area contributed by atoms with E-state index in [0.29, 0.717) is 0 Å². The Bertz CT molecular complexity index is 1220. The molecule has 0 fully saturated rings. The van der Waals surface area contributed by atoms with Crippen molar-refractivity contribution in [3.8, 4) is 11.5 Å². The Labute approximate surface area is 169 Å². The van der Waals surface area contributed by atoms with E-state index in [1.165, 1.54) is 5.56 Å². The molecule has 144 valence electrons. The number of benzene rings is 2. The third kappa shape index (κ3) is 3.38. The number of rotatable bonds is 4. The van der Waals surface area contributed by atoms with Crippen LogP contribution < -0.4 is 5.43 Å². The molecule has 2 N–H and O–H groups in total. The topological polar surface area (TPSA) is 101 Å². The van der Waals surface area contributed by atoms with Crippen LogP contribution in [-0.4, -0.2) is 26.8 Å². The average molecular weight is 404 g/mol. The lowest BCUT2D eigenvalue weighted by molar-refractivity contribution is 0.0690. The number of para-hydroxylation sites is 1. The molecule has 2 aromatic carbocycles. The minimum atomic E-state index is -1.11. The van der Waals surface area contributed by atoms with Crippen LogP contribution in [0.2, 0.25) is 0 Å². The molecule has 0 aliphatic heterocycles. The second-order valence-electron chi connectivity index (χ2n) is 6.73. The van der Waals surface area contributed by atoms with Gasteiger partial charge in [-0.15, -0.1) is 0 Å². The van der Waals surface area contributed by atoms with Gasteiger partial charge >= 0.3 is 5.97 Å². The molecule has 0 saturated carbocycles. The van der Waals surface area contributed by atoms with Gasteiger partial charge < -0.3 is 9.52 Å². The number of nitrogens with one attached hydrogen (secondary N) is 1. The fourth-order valence-electron chi connectivity index (χ4n) is 3.43. The second-order valence-corrected chi connectivity index (χ2v) is 7.76. The fraction of sp³-hybridized carbons (Fsp3) is 0.143. The predicted molar refractivity (Wildman–Crippen MR) is 112 cm³/mol. The summed E-state index contributed by atoms with van der Waals surface area (Å²) in [6.07, 6.45) is 4.00. The molecule has 0 saturated heterocycles. The van der Waals surface area contributed by atoms with E-state index in [2.05, 4.69) is 20.5 Å². The number of aromatic nitrogens is 2. The van der Waals surface area contributed by atoms with Crippen LogP contribution in [0.15, 0.2) is 58.2 Å². The molecule has 5 rings (SSSR count). The smallest absolute Gasteiger partial charge is 0.357 e. The SMILES string of the molecule is O=C(O)c1coc(-c2ccc3c(c2)/C(=N/Nc2nc4ccccc4s2)CCC3)n1. The Morgan fingerprint density at radius 3 is 2.90 bits per heavy atom. The van der Waals surface area contributed by atoms with Crippen molar-refractivity contribution in [2.24, 2.45) is 5.10 Å². The minimum absolute atomic E-state index is 0.107. The van der Waals surface area contributed by atoms with Crippen molar-refractivity contribution in [3.05, 3.63) is 65.5 Å². The van der Waals surface area contributed by atoms with Gasteiger partial charge in [0.1, 0.15) is 6.26 Å². The van der Waals surface area contributed by atoms with Crippen LogP contribution in [0.5, 0.6) is 0 Å². The van der Waals surface area contributed by atoms with E-state index in [1.807, 2.05) is 42.5 Å². The van der Waals surface area contributed by atoms with Gasteiger partial charge in [-0.05, 0) is 49.1 Å². The van der Waals surface area contributed by atoms with Crippen LogP contribution in [-0.2, 0) is 6.42 Å². The van der Waals surface area contributed by atoms with Crippen LogP contribution in [0.4, 0.5) is 5.13 Å². The van der Waals surface area contributed by atoms with E-state index in [0.717, 1.165) is 57.7 Å². The largest absolute Gasteiger partial charge is 0.476 e. The zero-order chi connectivity index (χ0) is 19.8. The van der Waals surface area contributed by atoms with Crippen molar-refractivity contribution in [1.82, 2.24) is 9.97 Å². The number of thiazole rings is 1. The summed E-state index contributed by atoms with van der Waals surface area (Å²) >= 11 is 1.56. The van der Waals surface area contributed by atoms with Gasteiger partial charge in [0.25, 0.3) is 0 Å². The molecule has 0 radical (unpaired) electrons. The molecule has 0 atom stereocenters. The maximum atomic E-state index is 11.1. The Morgan fingerprint density at radius 1 is 1.17 bits per heavy atom. The zero-order valence-corrected chi connectivity index (χ0v) is 16.1. The maximum absolute atomic E-state index is 11.1. The zero-order valence-electron chi connectivity index (χ0n) is 15.3. The van der Waals surface area contributed by atoms with Crippen LogP contribution in [0.1, 0.15) is 34.5 Å². The first-order valence-electron chi connectivity index (χ1n) is 9.18. The number of hydrogen-bond donors (Lipinski definition) is 2. The molecule has 0 unspecified atom stereocenters. The Kier molecular flexibility index (Phi) is 4.33. The van der Waals surface area contributed by atoms with Gasteiger partial charge in [-0.2, -0.15) is 5.10 Å². The number of oxazole rings is 1. The van der Waals surface area contributed by atoms with E-state index in [4.69, 9.17) is 9.52 Å². The van der Waals surface area contributed by atoms with Crippen molar-refractivity contribution in [1.29, 1.82) is 0 Å². The van der Waals surface area contributed by atoms with Crippen molar-refractivity contribution in [2.45, 2.75) is 19.3 Å². The number of fused-ring (bicyclic) bond motifs is 2. The normalized spacial score (nSPS) is 14.8. The number of aryl methyl sites for hydroxylation is 1. The van der Waals surface area contributed by atoms with E-state index in [9.17, 15) is 4.79 Å². The van der Waals surface area contributed by atoms with E-state index >= 15 is 0 Å². The Hall–Kier alpha value is -3.52. The second kappa shape index (κ2) is 7.14. The summed E-state index contributed by atoms with van der Waals surface area (Å²) in [4.78, 5) is 19.7. The lowest BCUT2D eigenvalue weighted by Crippen LogP contribution is -2.13. The lowest BCUT2D eigenvalue weighted by atomic mass is 9.89. The molecular formula is C21H16N4O3S. The first-order valence-corrected chi connectivity index (χ1v) is 10.00. The third-order valence-corrected chi connectivity index (χ3v) is 5.77. The van der Waals surface area contributed by atoms with Crippen LogP contribution in [0.25, 0.3) is 21.7 Å². The highest BCUT2D eigenvalue weighted by molar-refractivity contribution is 7.22.